The number of benzene rings is 1. The van der Waals surface area contributed by atoms with Gasteiger partial charge in [0.15, 0.2) is 0 Å². The lowest BCUT2D eigenvalue weighted by Gasteiger charge is -2.19. The number of anilines is 1. The normalized spacial score (nSPS) is 11.2. The van der Waals surface area contributed by atoms with E-state index in [-0.39, 0.29) is 5.91 Å². The van der Waals surface area contributed by atoms with Gasteiger partial charge in [0.05, 0.1) is 17.2 Å². The van der Waals surface area contributed by atoms with Gasteiger partial charge in [-0.3, -0.25) is 9.59 Å². The summed E-state index contributed by atoms with van der Waals surface area (Å²) < 4.78 is 5.09. The molecular weight excluding hydrogens is 270 g/mol. The van der Waals surface area contributed by atoms with E-state index in [1.54, 1.807) is 51.1 Å². The van der Waals surface area contributed by atoms with Crippen molar-refractivity contribution in [3.8, 4) is 0 Å². The number of hydrogen-bond donors (Lipinski definition) is 2. The van der Waals surface area contributed by atoms with Gasteiger partial charge in [-0.15, -0.1) is 0 Å². The number of carboxylic acids is 1. The van der Waals surface area contributed by atoms with Crippen molar-refractivity contribution in [1.29, 1.82) is 0 Å². The minimum absolute atomic E-state index is 0.258. The zero-order chi connectivity index (χ0) is 15.6. The van der Waals surface area contributed by atoms with Crippen LogP contribution in [0.5, 0.6) is 0 Å². The predicted molar refractivity (Wildman–Crippen MR) is 78.5 cm³/mol. The second kappa shape index (κ2) is 5.44. The second-order valence-electron chi connectivity index (χ2n) is 5.35. The van der Waals surface area contributed by atoms with Gasteiger partial charge in [-0.25, -0.2) is 0 Å². The van der Waals surface area contributed by atoms with Crippen LogP contribution in [-0.2, 0) is 10.2 Å². The Labute approximate surface area is 122 Å². The number of rotatable bonds is 4. The van der Waals surface area contributed by atoms with Crippen LogP contribution in [0.2, 0.25) is 0 Å². The molecule has 0 unspecified atom stereocenters. The Morgan fingerprint density at radius 1 is 1.14 bits per heavy atom. The Morgan fingerprint density at radius 2 is 1.76 bits per heavy atom. The standard InChI is InChI=1S/C16H17NO4/c1-10-13(8-9-21-10)14(18)17-12-6-4-11(5-7-12)16(2,3)15(19)20/h4-9H,1-3H3,(H,17,18)(H,19,20). The number of carbonyl (C=O) groups is 2. The number of aryl methyl sites for hydroxylation is 1. The van der Waals surface area contributed by atoms with E-state index in [0.29, 0.717) is 22.6 Å². The molecule has 1 heterocycles. The number of amides is 1. The van der Waals surface area contributed by atoms with Crippen molar-refractivity contribution in [2.45, 2.75) is 26.2 Å². The van der Waals surface area contributed by atoms with Gasteiger partial charge in [-0.05, 0) is 44.5 Å². The van der Waals surface area contributed by atoms with Crippen molar-refractivity contribution in [3.63, 3.8) is 0 Å². The average molecular weight is 287 g/mol. The first-order valence-electron chi connectivity index (χ1n) is 6.52. The van der Waals surface area contributed by atoms with Crippen LogP contribution in [0.25, 0.3) is 0 Å². The first kappa shape index (κ1) is 14.8. The number of carbonyl (C=O) groups excluding carboxylic acids is 1. The van der Waals surface area contributed by atoms with Crippen LogP contribution in [0.4, 0.5) is 5.69 Å². The number of nitrogens with one attached hydrogen (secondary N) is 1. The molecule has 0 saturated heterocycles. The van der Waals surface area contributed by atoms with Gasteiger partial charge in [0.2, 0.25) is 0 Å². The molecule has 0 aliphatic carbocycles. The van der Waals surface area contributed by atoms with E-state index in [9.17, 15) is 14.7 Å². The average Bonchev–Trinajstić information content (AvgIpc) is 2.85. The molecule has 21 heavy (non-hydrogen) atoms. The van der Waals surface area contributed by atoms with Crippen LogP contribution < -0.4 is 5.32 Å². The molecular formula is C16H17NO4. The summed E-state index contributed by atoms with van der Waals surface area (Å²) in [5, 5.41) is 11.9. The van der Waals surface area contributed by atoms with Gasteiger partial charge in [-0.2, -0.15) is 0 Å². The Hall–Kier alpha value is -2.56. The molecule has 0 saturated carbocycles. The topological polar surface area (TPSA) is 79.5 Å². The van der Waals surface area contributed by atoms with Crippen LogP contribution in [0.3, 0.4) is 0 Å². The fourth-order valence-corrected chi connectivity index (χ4v) is 1.91. The number of aliphatic carboxylic acids is 1. The van der Waals surface area contributed by atoms with Crippen LogP contribution in [0.15, 0.2) is 41.0 Å². The highest BCUT2D eigenvalue weighted by Gasteiger charge is 2.29. The molecule has 5 nitrogen and oxygen atoms in total. The maximum absolute atomic E-state index is 12.0. The summed E-state index contributed by atoms with van der Waals surface area (Å²) in [5.41, 5.74) is 0.784. The van der Waals surface area contributed by atoms with Crippen molar-refractivity contribution in [3.05, 3.63) is 53.5 Å². The maximum Gasteiger partial charge on any atom is 0.313 e. The minimum atomic E-state index is -0.969. The largest absolute Gasteiger partial charge is 0.481 e. The van der Waals surface area contributed by atoms with Gasteiger partial charge < -0.3 is 14.8 Å². The van der Waals surface area contributed by atoms with Crippen LogP contribution in [0, 0.1) is 6.92 Å². The molecule has 1 amide bonds. The Bertz CT molecular complexity index is 668. The van der Waals surface area contributed by atoms with E-state index in [0.717, 1.165) is 0 Å². The summed E-state index contributed by atoms with van der Waals surface area (Å²) in [5.74, 6) is -0.601. The molecule has 110 valence electrons. The summed E-state index contributed by atoms with van der Waals surface area (Å²) in [6.07, 6.45) is 1.46. The molecule has 0 fully saturated rings. The molecule has 0 aliphatic heterocycles. The highest BCUT2D eigenvalue weighted by Crippen LogP contribution is 2.25. The van der Waals surface area contributed by atoms with Gasteiger partial charge in [-0.1, -0.05) is 12.1 Å². The van der Waals surface area contributed by atoms with E-state index >= 15 is 0 Å². The Kier molecular flexibility index (Phi) is 3.84. The third-order valence-corrected chi connectivity index (χ3v) is 3.50. The molecule has 5 heteroatoms. The summed E-state index contributed by atoms with van der Waals surface area (Å²) in [6, 6.07) is 8.38. The van der Waals surface area contributed by atoms with Crippen LogP contribution in [0.1, 0.15) is 35.5 Å². The highest BCUT2D eigenvalue weighted by molar-refractivity contribution is 6.04. The van der Waals surface area contributed by atoms with Crippen molar-refractivity contribution in [1.82, 2.24) is 0 Å². The minimum Gasteiger partial charge on any atom is -0.481 e. The molecule has 2 N–H and O–H groups in total. The lowest BCUT2D eigenvalue weighted by atomic mass is 9.85. The van der Waals surface area contributed by atoms with Crippen molar-refractivity contribution in [2.75, 3.05) is 5.32 Å². The number of hydrogen-bond acceptors (Lipinski definition) is 3. The summed E-state index contributed by atoms with van der Waals surface area (Å²) in [7, 11) is 0. The first-order chi connectivity index (χ1) is 9.82. The van der Waals surface area contributed by atoms with Crippen molar-refractivity contribution >= 4 is 17.6 Å². The van der Waals surface area contributed by atoms with Gasteiger partial charge >= 0.3 is 5.97 Å². The SMILES string of the molecule is Cc1occc1C(=O)Nc1ccc(C(C)(C)C(=O)O)cc1. The first-order valence-corrected chi connectivity index (χ1v) is 6.52. The third kappa shape index (κ3) is 2.97. The van der Waals surface area contributed by atoms with E-state index in [4.69, 9.17) is 4.42 Å². The lowest BCUT2D eigenvalue weighted by Crippen LogP contribution is -2.28. The fourth-order valence-electron chi connectivity index (χ4n) is 1.91. The predicted octanol–water partition coefficient (Wildman–Crippen LogP) is 3.20. The molecule has 1 aromatic heterocycles. The summed E-state index contributed by atoms with van der Waals surface area (Å²) >= 11 is 0. The van der Waals surface area contributed by atoms with E-state index < -0.39 is 11.4 Å². The second-order valence-corrected chi connectivity index (χ2v) is 5.35. The maximum atomic E-state index is 12.0. The molecule has 0 radical (unpaired) electrons. The molecule has 2 rings (SSSR count). The molecule has 0 atom stereocenters. The molecule has 0 aliphatic rings. The highest BCUT2D eigenvalue weighted by atomic mass is 16.4. The molecule has 0 bridgehead atoms. The monoisotopic (exact) mass is 287 g/mol. The molecule has 2 aromatic rings. The quantitative estimate of drug-likeness (QED) is 0.905. The third-order valence-electron chi connectivity index (χ3n) is 3.50. The molecule has 0 spiro atoms. The van der Waals surface area contributed by atoms with Crippen LogP contribution >= 0.6 is 0 Å². The fraction of sp³-hybridized carbons (Fsp3) is 0.250. The van der Waals surface area contributed by atoms with Gasteiger partial charge in [0, 0.05) is 5.69 Å². The summed E-state index contributed by atoms with van der Waals surface area (Å²) in [6.45, 7) is 4.99. The lowest BCUT2D eigenvalue weighted by molar-refractivity contribution is -0.142. The van der Waals surface area contributed by atoms with E-state index in [2.05, 4.69) is 5.32 Å². The van der Waals surface area contributed by atoms with Gasteiger partial charge in [0.1, 0.15) is 5.76 Å². The summed E-state index contributed by atoms with van der Waals surface area (Å²) in [4.78, 5) is 23.2. The Morgan fingerprint density at radius 3 is 2.24 bits per heavy atom. The van der Waals surface area contributed by atoms with Crippen molar-refractivity contribution < 1.29 is 19.1 Å². The molecule has 1 aromatic carbocycles. The number of furan rings is 1. The smallest absolute Gasteiger partial charge is 0.313 e. The number of carboxylic acid groups (broad SMARTS) is 1. The zero-order valence-electron chi connectivity index (χ0n) is 12.1. The zero-order valence-corrected chi connectivity index (χ0v) is 12.1. The van der Waals surface area contributed by atoms with Crippen molar-refractivity contribution in [2.24, 2.45) is 0 Å². The van der Waals surface area contributed by atoms with E-state index in [1.165, 1.54) is 6.26 Å². The van der Waals surface area contributed by atoms with Crippen LogP contribution in [-0.4, -0.2) is 17.0 Å². The Balaban J connectivity index is 2.15. The van der Waals surface area contributed by atoms with Gasteiger partial charge in [0.25, 0.3) is 5.91 Å². The van der Waals surface area contributed by atoms with E-state index in [1.807, 2.05) is 0 Å².